The molecule has 1 aromatic carbocycles. The second-order valence-electron chi connectivity index (χ2n) is 6.48. The van der Waals surface area contributed by atoms with Gasteiger partial charge in [0.15, 0.2) is 24.2 Å². The van der Waals surface area contributed by atoms with Crippen molar-refractivity contribution >= 4 is 0 Å². The molecule has 2 heterocycles. The van der Waals surface area contributed by atoms with Crippen molar-refractivity contribution in [1.29, 1.82) is 0 Å². The van der Waals surface area contributed by atoms with E-state index in [2.05, 4.69) is 6.92 Å². The van der Waals surface area contributed by atoms with Gasteiger partial charge in [-0.3, -0.25) is 0 Å². The van der Waals surface area contributed by atoms with E-state index in [0.29, 0.717) is 37.9 Å². The van der Waals surface area contributed by atoms with Gasteiger partial charge in [0.2, 0.25) is 0 Å². The first-order chi connectivity index (χ1) is 11.7. The van der Waals surface area contributed by atoms with Crippen molar-refractivity contribution < 1.29 is 27.7 Å². The fraction of sp³-hybridized carbons (Fsp3) is 0.667. The summed E-state index contributed by atoms with van der Waals surface area (Å²) in [6, 6.07) is 3.65. The Bertz CT molecular complexity index is 524. The molecule has 2 aliphatic rings. The summed E-state index contributed by atoms with van der Waals surface area (Å²) in [6.45, 7) is 4.37. The molecule has 0 N–H and O–H groups in total. The Morgan fingerprint density at radius 3 is 2.29 bits per heavy atom. The van der Waals surface area contributed by atoms with E-state index in [4.69, 9.17) is 18.9 Å². The SMILES string of the molecule is CCCC[C@H]1CO[C@H]([C@H]2CO[C@H](c3ccc(F)c(F)c3)OC2)OC1. The predicted octanol–water partition coefficient (Wildman–Crippen LogP) is 3.81. The highest BCUT2D eigenvalue weighted by atomic mass is 19.2. The smallest absolute Gasteiger partial charge is 0.183 e. The Labute approximate surface area is 141 Å². The maximum absolute atomic E-state index is 13.3. The Kier molecular flexibility index (Phi) is 6.16. The highest BCUT2D eigenvalue weighted by molar-refractivity contribution is 5.19. The lowest BCUT2D eigenvalue weighted by Gasteiger charge is -2.37. The summed E-state index contributed by atoms with van der Waals surface area (Å²) in [6.07, 6.45) is 2.48. The van der Waals surface area contributed by atoms with Crippen molar-refractivity contribution in [1.82, 2.24) is 0 Å². The average Bonchev–Trinajstić information content (AvgIpc) is 2.63. The first kappa shape index (κ1) is 17.7. The molecule has 0 radical (unpaired) electrons. The van der Waals surface area contributed by atoms with Crippen molar-refractivity contribution in [2.45, 2.75) is 38.8 Å². The maximum Gasteiger partial charge on any atom is 0.183 e. The monoisotopic (exact) mass is 342 g/mol. The Morgan fingerprint density at radius 1 is 0.958 bits per heavy atom. The second-order valence-corrected chi connectivity index (χ2v) is 6.48. The zero-order valence-corrected chi connectivity index (χ0v) is 13.9. The predicted molar refractivity (Wildman–Crippen MR) is 83.2 cm³/mol. The van der Waals surface area contributed by atoms with Crippen molar-refractivity contribution in [2.24, 2.45) is 11.8 Å². The average molecular weight is 342 g/mol. The largest absolute Gasteiger partial charge is 0.352 e. The van der Waals surface area contributed by atoms with Gasteiger partial charge in [-0.1, -0.05) is 25.8 Å². The Hall–Kier alpha value is -1.08. The molecule has 0 aliphatic carbocycles. The summed E-state index contributed by atoms with van der Waals surface area (Å²) in [7, 11) is 0. The van der Waals surface area contributed by atoms with Crippen LogP contribution in [0.15, 0.2) is 18.2 Å². The van der Waals surface area contributed by atoms with E-state index in [0.717, 1.165) is 18.6 Å². The van der Waals surface area contributed by atoms with Gasteiger partial charge in [-0.15, -0.1) is 0 Å². The van der Waals surface area contributed by atoms with Crippen LogP contribution in [0.1, 0.15) is 38.0 Å². The van der Waals surface area contributed by atoms with E-state index >= 15 is 0 Å². The molecule has 2 saturated heterocycles. The third-order valence-corrected chi connectivity index (χ3v) is 4.48. The van der Waals surface area contributed by atoms with Crippen LogP contribution in [-0.4, -0.2) is 32.7 Å². The van der Waals surface area contributed by atoms with Crippen LogP contribution in [0.4, 0.5) is 8.78 Å². The third-order valence-electron chi connectivity index (χ3n) is 4.48. The highest BCUT2D eigenvalue weighted by Crippen LogP contribution is 2.30. The quantitative estimate of drug-likeness (QED) is 0.815. The van der Waals surface area contributed by atoms with Crippen LogP contribution in [0, 0.1) is 23.5 Å². The number of rotatable bonds is 5. The standard InChI is InChI=1S/C18H24F2O4/c1-2-3-4-12-8-21-18(22-9-12)14-10-23-17(24-11-14)13-5-6-15(19)16(20)7-13/h5-7,12,14,17-18H,2-4,8-11H2,1H3/t12-,14-,17-,18-. The van der Waals surface area contributed by atoms with Gasteiger partial charge < -0.3 is 18.9 Å². The number of hydrogen-bond acceptors (Lipinski definition) is 4. The van der Waals surface area contributed by atoms with Crippen molar-refractivity contribution in [3.63, 3.8) is 0 Å². The number of benzene rings is 1. The first-order valence-corrected chi connectivity index (χ1v) is 8.58. The summed E-state index contributed by atoms with van der Waals surface area (Å²) in [5.41, 5.74) is 0.470. The van der Waals surface area contributed by atoms with Gasteiger partial charge in [-0.2, -0.15) is 0 Å². The van der Waals surface area contributed by atoms with E-state index in [1.54, 1.807) is 0 Å². The number of hydrogen-bond donors (Lipinski definition) is 0. The molecule has 0 spiro atoms. The van der Waals surface area contributed by atoms with Crippen molar-refractivity contribution in [3.8, 4) is 0 Å². The lowest BCUT2D eigenvalue weighted by molar-refractivity contribution is -0.283. The molecule has 0 unspecified atom stereocenters. The minimum atomic E-state index is -0.904. The molecule has 4 nitrogen and oxygen atoms in total. The van der Waals surface area contributed by atoms with Crippen LogP contribution < -0.4 is 0 Å². The number of unbranched alkanes of at least 4 members (excludes halogenated alkanes) is 1. The van der Waals surface area contributed by atoms with Crippen LogP contribution in [0.5, 0.6) is 0 Å². The summed E-state index contributed by atoms with van der Waals surface area (Å²) in [5, 5.41) is 0. The zero-order chi connectivity index (χ0) is 16.9. The normalized spacial score (nSPS) is 31.1. The van der Waals surface area contributed by atoms with Gasteiger partial charge in [-0.25, -0.2) is 8.78 Å². The molecular weight excluding hydrogens is 318 g/mol. The van der Waals surface area contributed by atoms with E-state index in [1.165, 1.54) is 18.9 Å². The minimum absolute atomic E-state index is 0.0151. The Balaban J connectivity index is 1.46. The molecule has 3 rings (SSSR count). The highest BCUT2D eigenvalue weighted by Gasteiger charge is 2.34. The van der Waals surface area contributed by atoms with E-state index in [9.17, 15) is 8.78 Å². The fourth-order valence-electron chi connectivity index (χ4n) is 3.02. The summed E-state index contributed by atoms with van der Waals surface area (Å²) in [4.78, 5) is 0. The molecule has 1 aromatic rings. The molecule has 0 atom stereocenters. The molecule has 0 saturated carbocycles. The molecule has 0 aromatic heterocycles. The summed E-state index contributed by atoms with van der Waals surface area (Å²) < 4.78 is 49.2. The van der Waals surface area contributed by atoms with E-state index in [-0.39, 0.29) is 12.2 Å². The summed E-state index contributed by atoms with van der Waals surface area (Å²) in [5.74, 6) is -1.34. The van der Waals surface area contributed by atoms with Gasteiger partial charge in [-0.05, 0) is 18.6 Å². The second kappa shape index (κ2) is 8.34. The lowest BCUT2D eigenvalue weighted by Crippen LogP contribution is -2.43. The Morgan fingerprint density at radius 2 is 1.67 bits per heavy atom. The molecule has 6 heteroatoms. The first-order valence-electron chi connectivity index (χ1n) is 8.58. The van der Waals surface area contributed by atoms with Gasteiger partial charge >= 0.3 is 0 Å². The molecule has 2 aliphatic heterocycles. The van der Waals surface area contributed by atoms with Crippen LogP contribution in [0.2, 0.25) is 0 Å². The molecule has 0 bridgehead atoms. The lowest BCUT2D eigenvalue weighted by atomic mass is 10.0. The summed E-state index contributed by atoms with van der Waals surface area (Å²) >= 11 is 0. The van der Waals surface area contributed by atoms with Gasteiger partial charge in [0.05, 0.1) is 32.3 Å². The van der Waals surface area contributed by atoms with Crippen LogP contribution in [-0.2, 0) is 18.9 Å². The van der Waals surface area contributed by atoms with Crippen molar-refractivity contribution in [3.05, 3.63) is 35.4 Å². The molecular formula is C18H24F2O4. The van der Waals surface area contributed by atoms with E-state index in [1.807, 2.05) is 0 Å². The molecule has 0 amide bonds. The van der Waals surface area contributed by atoms with E-state index < -0.39 is 17.9 Å². The zero-order valence-electron chi connectivity index (χ0n) is 13.9. The van der Waals surface area contributed by atoms with Gasteiger partial charge in [0.1, 0.15) is 0 Å². The van der Waals surface area contributed by atoms with Gasteiger partial charge in [0, 0.05) is 11.5 Å². The molecule has 2 fully saturated rings. The third kappa shape index (κ3) is 4.30. The maximum atomic E-state index is 13.3. The fourth-order valence-corrected chi connectivity index (χ4v) is 3.02. The van der Waals surface area contributed by atoms with Crippen LogP contribution >= 0.6 is 0 Å². The van der Waals surface area contributed by atoms with Crippen LogP contribution in [0.25, 0.3) is 0 Å². The van der Waals surface area contributed by atoms with Gasteiger partial charge in [0.25, 0.3) is 0 Å². The molecule has 134 valence electrons. The minimum Gasteiger partial charge on any atom is -0.352 e. The van der Waals surface area contributed by atoms with Crippen molar-refractivity contribution in [2.75, 3.05) is 26.4 Å². The number of halogens is 2. The topological polar surface area (TPSA) is 36.9 Å². The molecule has 24 heavy (non-hydrogen) atoms. The van der Waals surface area contributed by atoms with Crippen LogP contribution in [0.3, 0.4) is 0 Å². The number of ether oxygens (including phenoxy) is 4.